The summed E-state index contributed by atoms with van der Waals surface area (Å²) in [5.74, 6) is 0.660. The summed E-state index contributed by atoms with van der Waals surface area (Å²) in [5.41, 5.74) is 0. The van der Waals surface area contributed by atoms with Crippen LogP contribution in [0, 0.1) is 0 Å². The van der Waals surface area contributed by atoms with Gasteiger partial charge in [-0.15, -0.1) is 0 Å². The molecular weight excluding hydrogens is 322 g/mol. The van der Waals surface area contributed by atoms with Crippen LogP contribution in [0.1, 0.15) is 103 Å². The predicted molar refractivity (Wildman–Crippen MR) is 111 cm³/mol. The highest BCUT2D eigenvalue weighted by atomic mass is 16.3. The lowest BCUT2D eigenvalue weighted by Gasteiger charge is -2.04. The Morgan fingerprint density at radius 1 is 0.885 bits per heavy atom. The van der Waals surface area contributed by atoms with Crippen molar-refractivity contribution >= 4 is 12.0 Å². The molecule has 0 atom stereocenters. The number of amides is 1. The van der Waals surface area contributed by atoms with Gasteiger partial charge in [-0.2, -0.15) is 0 Å². The van der Waals surface area contributed by atoms with Crippen LogP contribution in [0.15, 0.2) is 28.9 Å². The molecule has 0 radical (unpaired) electrons. The Hall–Kier alpha value is -1.51. The summed E-state index contributed by atoms with van der Waals surface area (Å²) in [7, 11) is 0. The molecule has 3 nitrogen and oxygen atoms in total. The average Bonchev–Trinajstić information content (AvgIpc) is 3.17. The minimum absolute atomic E-state index is 0.0453. The number of hydrogen-bond acceptors (Lipinski definition) is 2. The van der Waals surface area contributed by atoms with E-state index < -0.39 is 0 Å². The molecule has 0 aliphatic rings. The normalized spacial score (nSPS) is 11.3. The second-order valence-electron chi connectivity index (χ2n) is 7.24. The Bertz CT molecular complexity index is 451. The molecule has 1 N–H and O–H groups in total. The summed E-state index contributed by atoms with van der Waals surface area (Å²) < 4.78 is 5.15. The second-order valence-corrected chi connectivity index (χ2v) is 7.24. The Kier molecular flexibility index (Phi) is 14.7. The van der Waals surface area contributed by atoms with Crippen molar-refractivity contribution < 1.29 is 9.21 Å². The van der Waals surface area contributed by atoms with Crippen LogP contribution in [0.25, 0.3) is 6.08 Å². The van der Waals surface area contributed by atoms with E-state index in [0.717, 1.165) is 13.0 Å². The molecule has 3 heteroatoms. The molecule has 1 aromatic rings. The van der Waals surface area contributed by atoms with Gasteiger partial charge in [0.15, 0.2) is 0 Å². The maximum absolute atomic E-state index is 11.6. The van der Waals surface area contributed by atoms with Crippen LogP contribution in [0.5, 0.6) is 0 Å². The summed E-state index contributed by atoms with van der Waals surface area (Å²) in [4.78, 5) is 11.6. The molecule has 0 unspecified atom stereocenters. The number of unbranched alkanes of at least 4 members (excludes halogenated alkanes) is 13. The molecule has 148 valence electrons. The number of nitrogens with one attached hydrogen (secondary N) is 1. The van der Waals surface area contributed by atoms with Crippen molar-refractivity contribution in [1.29, 1.82) is 0 Å². The van der Waals surface area contributed by atoms with Crippen LogP contribution in [0.3, 0.4) is 0 Å². The molecule has 0 saturated carbocycles. The number of rotatable bonds is 17. The molecule has 1 aromatic heterocycles. The van der Waals surface area contributed by atoms with Crippen LogP contribution in [-0.4, -0.2) is 12.5 Å². The summed E-state index contributed by atoms with van der Waals surface area (Å²) in [5, 5.41) is 2.92. The van der Waals surface area contributed by atoms with Gasteiger partial charge in [0.2, 0.25) is 5.91 Å². The zero-order chi connectivity index (χ0) is 18.7. The van der Waals surface area contributed by atoms with Gasteiger partial charge in [0.1, 0.15) is 5.76 Å². The van der Waals surface area contributed by atoms with E-state index in [9.17, 15) is 4.79 Å². The standard InChI is InChI=1S/C23H39NO2/c1-2-3-4-5-6-7-8-9-10-11-12-13-14-15-20-24-23(25)19-18-22-17-16-21-26-22/h16-19,21H,2-15,20H2,1H3,(H,24,25)/b19-18+. The maximum Gasteiger partial charge on any atom is 0.244 e. The monoisotopic (exact) mass is 361 g/mol. The van der Waals surface area contributed by atoms with Gasteiger partial charge in [-0.05, 0) is 24.6 Å². The molecule has 0 spiro atoms. The lowest BCUT2D eigenvalue weighted by molar-refractivity contribution is -0.116. The van der Waals surface area contributed by atoms with Crippen molar-refractivity contribution in [2.24, 2.45) is 0 Å². The topological polar surface area (TPSA) is 42.2 Å². The summed E-state index contributed by atoms with van der Waals surface area (Å²) in [6.07, 6.45) is 23.8. The zero-order valence-electron chi connectivity index (χ0n) is 16.8. The molecule has 1 rings (SSSR count). The molecule has 1 amide bonds. The highest BCUT2D eigenvalue weighted by molar-refractivity contribution is 5.91. The van der Waals surface area contributed by atoms with Crippen LogP contribution in [-0.2, 0) is 4.79 Å². The third kappa shape index (κ3) is 13.7. The summed E-state index contributed by atoms with van der Waals surface area (Å²) >= 11 is 0. The minimum Gasteiger partial charge on any atom is -0.465 e. The van der Waals surface area contributed by atoms with Crippen LogP contribution < -0.4 is 5.32 Å². The molecule has 0 aromatic carbocycles. The van der Waals surface area contributed by atoms with Gasteiger partial charge in [-0.1, -0.05) is 90.4 Å². The van der Waals surface area contributed by atoms with Crippen molar-refractivity contribution in [3.63, 3.8) is 0 Å². The molecule has 0 aliphatic carbocycles. The van der Waals surface area contributed by atoms with Crippen molar-refractivity contribution in [2.75, 3.05) is 6.54 Å². The Labute approximate surface area is 160 Å². The number of hydrogen-bond donors (Lipinski definition) is 1. The number of carbonyl (C=O) groups is 1. The molecular formula is C23H39NO2. The van der Waals surface area contributed by atoms with Crippen LogP contribution in [0.4, 0.5) is 0 Å². The average molecular weight is 362 g/mol. The van der Waals surface area contributed by atoms with E-state index in [2.05, 4.69) is 12.2 Å². The molecule has 0 saturated heterocycles. The quantitative estimate of drug-likeness (QED) is 0.242. The van der Waals surface area contributed by atoms with Crippen LogP contribution >= 0.6 is 0 Å². The lowest BCUT2D eigenvalue weighted by atomic mass is 10.0. The zero-order valence-corrected chi connectivity index (χ0v) is 16.8. The second kappa shape index (κ2) is 16.9. The van der Waals surface area contributed by atoms with E-state index in [0.29, 0.717) is 5.76 Å². The molecule has 1 heterocycles. The van der Waals surface area contributed by atoms with Crippen molar-refractivity contribution in [3.05, 3.63) is 30.2 Å². The first-order chi connectivity index (χ1) is 12.8. The largest absolute Gasteiger partial charge is 0.465 e. The predicted octanol–water partition coefficient (Wildman–Crippen LogP) is 6.89. The van der Waals surface area contributed by atoms with E-state index in [1.54, 1.807) is 12.3 Å². The minimum atomic E-state index is -0.0453. The molecule has 0 aliphatic heterocycles. The van der Waals surface area contributed by atoms with Crippen molar-refractivity contribution in [1.82, 2.24) is 5.32 Å². The molecule has 26 heavy (non-hydrogen) atoms. The van der Waals surface area contributed by atoms with Crippen molar-refractivity contribution in [3.8, 4) is 0 Å². The SMILES string of the molecule is CCCCCCCCCCCCCCCCNC(=O)/C=C/c1ccco1. The van der Waals surface area contributed by atoms with E-state index in [1.807, 2.05) is 12.1 Å². The van der Waals surface area contributed by atoms with Gasteiger partial charge in [0.25, 0.3) is 0 Å². The van der Waals surface area contributed by atoms with Crippen molar-refractivity contribution in [2.45, 2.75) is 96.8 Å². The van der Waals surface area contributed by atoms with E-state index >= 15 is 0 Å². The molecule has 0 fully saturated rings. The summed E-state index contributed by atoms with van der Waals surface area (Å²) in [6, 6.07) is 3.64. The van der Waals surface area contributed by atoms with Gasteiger partial charge >= 0.3 is 0 Å². The fourth-order valence-corrected chi connectivity index (χ4v) is 3.13. The maximum atomic E-state index is 11.6. The smallest absolute Gasteiger partial charge is 0.244 e. The van der Waals surface area contributed by atoms with E-state index in [1.165, 1.54) is 89.5 Å². The van der Waals surface area contributed by atoms with Gasteiger partial charge in [-0.25, -0.2) is 0 Å². The highest BCUT2D eigenvalue weighted by Crippen LogP contribution is 2.12. The van der Waals surface area contributed by atoms with Gasteiger partial charge < -0.3 is 9.73 Å². The first-order valence-electron chi connectivity index (χ1n) is 10.8. The first-order valence-corrected chi connectivity index (χ1v) is 10.8. The highest BCUT2D eigenvalue weighted by Gasteiger charge is 1.97. The Morgan fingerprint density at radius 3 is 1.92 bits per heavy atom. The Morgan fingerprint density at radius 2 is 1.42 bits per heavy atom. The fraction of sp³-hybridized carbons (Fsp3) is 0.696. The fourth-order valence-electron chi connectivity index (χ4n) is 3.13. The Balaban J connectivity index is 1.77. The van der Waals surface area contributed by atoms with E-state index in [4.69, 9.17) is 4.42 Å². The third-order valence-electron chi connectivity index (χ3n) is 4.77. The number of furan rings is 1. The third-order valence-corrected chi connectivity index (χ3v) is 4.77. The van der Waals surface area contributed by atoms with Crippen LogP contribution in [0.2, 0.25) is 0 Å². The first kappa shape index (κ1) is 22.5. The van der Waals surface area contributed by atoms with Gasteiger partial charge in [-0.3, -0.25) is 4.79 Å². The summed E-state index contributed by atoms with van der Waals surface area (Å²) in [6.45, 7) is 3.04. The van der Waals surface area contributed by atoms with Gasteiger partial charge in [0, 0.05) is 12.6 Å². The van der Waals surface area contributed by atoms with E-state index in [-0.39, 0.29) is 5.91 Å². The van der Waals surface area contributed by atoms with Gasteiger partial charge in [0.05, 0.1) is 6.26 Å². The lowest BCUT2D eigenvalue weighted by Crippen LogP contribution is -2.21. The number of carbonyl (C=O) groups excluding carboxylic acids is 1. The molecule has 0 bridgehead atoms.